The highest BCUT2D eigenvalue weighted by Gasteiger charge is 2.49. The van der Waals surface area contributed by atoms with Gasteiger partial charge in [0, 0.05) is 103 Å². The maximum atomic E-state index is 10.0. The Kier molecular flexibility index (Phi) is 41.5. The summed E-state index contributed by atoms with van der Waals surface area (Å²) in [5.41, 5.74) is 1.90. The van der Waals surface area contributed by atoms with Crippen LogP contribution in [0.15, 0.2) is 24.8 Å². The summed E-state index contributed by atoms with van der Waals surface area (Å²) in [4.78, 5) is 0. The third kappa shape index (κ3) is 27.8. The van der Waals surface area contributed by atoms with Gasteiger partial charge in [-0.25, -0.2) is 0 Å². The number of nitrogens with zero attached hydrogens (tertiary/aromatic N) is 12. The number of rotatable bonds is 44. The Hall–Kier alpha value is -4.45. The van der Waals surface area contributed by atoms with E-state index in [1.165, 1.54) is 11.8 Å². The normalized spacial score (nSPS) is 36.6. The zero-order chi connectivity index (χ0) is 86.7. The lowest BCUT2D eigenvalue weighted by atomic mass is 9.71. The molecule has 120 heavy (non-hydrogen) atoms. The molecular formula is C73H126N12O34S. The van der Waals surface area contributed by atoms with E-state index in [1.807, 2.05) is 0 Å². The number of hydrogen-bond acceptors (Lipinski definition) is 43. The highest BCUT2D eigenvalue weighted by molar-refractivity contribution is 7.99. The van der Waals surface area contributed by atoms with E-state index in [9.17, 15) is 112 Å². The summed E-state index contributed by atoms with van der Waals surface area (Å²) in [6.45, 7) is 3.42. The molecule has 4 aromatic rings. The number of unbranched alkanes of at least 4 members (excludes halogenated alkanes) is 1. The van der Waals surface area contributed by atoms with Gasteiger partial charge in [0.1, 0.15) is 126 Å². The number of ether oxygens (including phenoxy) is 10. The molecule has 32 atom stereocenters. The van der Waals surface area contributed by atoms with Crippen LogP contribution in [0.2, 0.25) is 0 Å². The van der Waals surface area contributed by atoms with E-state index in [0.717, 1.165) is 0 Å². The Labute approximate surface area is 695 Å². The van der Waals surface area contributed by atoms with Crippen molar-refractivity contribution >= 4 is 11.8 Å². The molecule has 4 saturated carbocycles. The van der Waals surface area contributed by atoms with Gasteiger partial charge in [-0.05, 0) is 93.6 Å². The van der Waals surface area contributed by atoms with Crippen LogP contribution < -0.4 is 0 Å². The van der Waals surface area contributed by atoms with Gasteiger partial charge in [0.15, 0.2) is 12.6 Å². The Morgan fingerprint density at radius 2 is 0.600 bits per heavy atom. The SMILES string of the molecule is OCC1CC(O)C1Cn1cc(COCCCCC2OC(CO)C(O)C(O)C2O)nn1.OCC1CC(O)C1Cn1cc(COCCCOC2OC(CO)C(O)C(O)C2O)nn1.OCC1CC(O)C1Cn1cc(COCCCOC2OC(CO)C(O)C(O)C2O)nn1.OCC1CC(O)C1Cn1cc(COCCCSC2OC(CO)C(O)C(O)C2O)nn1. The van der Waals surface area contributed by atoms with Gasteiger partial charge in [0.2, 0.25) is 0 Å². The summed E-state index contributed by atoms with van der Waals surface area (Å²) in [5, 5.41) is 263. The Bertz CT molecular complexity index is 3020. The fourth-order valence-electron chi connectivity index (χ4n) is 15.2. The Morgan fingerprint density at radius 3 is 0.925 bits per heavy atom. The zero-order valence-electron chi connectivity index (χ0n) is 66.7. The molecule has 0 bridgehead atoms. The van der Waals surface area contributed by atoms with Crippen LogP contribution >= 0.6 is 11.8 Å². The topological polar surface area (TPSA) is 701 Å². The summed E-state index contributed by atoms with van der Waals surface area (Å²) in [5.74, 6) is 0.920. The number of aromatic nitrogens is 12. The highest BCUT2D eigenvalue weighted by Crippen LogP contribution is 2.39. The van der Waals surface area contributed by atoms with E-state index in [4.69, 9.17) is 57.6 Å². The first-order chi connectivity index (χ1) is 57.8. The van der Waals surface area contributed by atoms with Crippen molar-refractivity contribution in [3.63, 3.8) is 0 Å². The van der Waals surface area contributed by atoms with Gasteiger partial charge < -0.3 is 170 Å². The van der Waals surface area contributed by atoms with Crippen LogP contribution in [-0.4, -0.2) is 427 Å². The molecule has 0 radical (unpaired) electrons. The number of aliphatic hydroxyl groups is 24. The third-order valence-corrected chi connectivity index (χ3v) is 24.4. The minimum absolute atomic E-state index is 0.00659. The Morgan fingerprint density at radius 1 is 0.308 bits per heavy atom. The first kappa shape index (κ1) is 99.3. The maximum Gasteiger partial charge on any atom is 0.186 e. The van der Waals surface area contributed by atoms with E-state index in [0.29, 0.717) is 159 Å². The average molecular weight is 1750 g/mol. The second-order valence-electron chi connectivity index (χ2n) is 31.7. The lowest BCUT2D eigenvalue weighted by Crippen LogP contribution is -2.59. The zero-order valence-corrected chi connectivity index (χ0v) is 67.5. The second-order valence-corrected chi connectivity index (χ2v) is 32.9. The second kappa shape index (κ2) is 50.2. The number of hydrogen-bond donors (Lipinski definition) is 24. The van der Waals surface area contributed by atoms with E-state index < -0.39 is 173 Å². The first-order valence-corrected chi connectivity index (χ1v) is 41.9. The molecular weight excluding hydrogens is 1620 g/mol. The molecule has 24 N–H and O–H groups in total. The van der Waals surface area contributed by atoms with Gasteiger partial charge >= 0.3 is 0 Å². The molecule has 4 aromatic heterocycles. The number of aliphatic hydroxyl groups excluding tert-OH is 24. The van der Waals surface area contributed by atoms with Crippen molar-refractivity contribution in [2.45, 2.75) is 263 Å². The summed E-state index contributed by atoms with van der Waals surface area (Å²) >= 11 is 1.29. The van der Waals surface area contributed by atoms with Gasteiger partial charge in [-0.3, -0.25) is 18.7 Å². The van der Waals surface area contributed by atoms with Crippen molar-refractivity contribution in [1.29, 1.82) is 0 Å². The lowest BCUT2D eigenvalue weighted by molar-refractivity contribution is -0.301. The Balaban J connectivity index is 0.000000182. The molecule has 46 nitrogen and oxygen atoms in total. The van der Waals surface area contributed by atoms with E-state index >= 15 is 0 Å². The van der Waals surface area contributed by atoms with Crippen LogP contribution in [0.5, 0.6) is 0 Å². The van der Waals surface area contributed by atoms with Crippen molar-refractivity contribution in [1.82, 2.24) is 60.0 Å². The fraction of sp³-hybridized carbons (Fsp3) is 0.890. The minimum atomic E-state index is -1.46. The predicted octanol–water partition coefficient (Wildman–Crippen LogP) is -10.5. The smallest absolute Gasteiger partial charge is 0.186 e. The summed E-state index contributed by atoms with van der Waals surface area (Å²) in [6, 6.07) is 0. The van der Waals surface area contributed by atoms with Crippen molar-refractivity contribution in [2.24, 2.45) is 47.3 Å². The van der Waals surface area contributed by atoms with Crippen LogP contribution in [0.4, 0.5) is 0 Å². The first-order valence-electron chi connectivity index (χ1n) is 40.9. The molecule has 47 heteroatoms. The highest BCUT2D eigenvalue weighted by atomic mass is 32.2. The molecule has 12 rings (SSSR count). The summed E-state index contributed by atoms with van der Waals surface area (Å²) in [6.07, 6.45) is -11.8. The van der Waals surface area contributed by atoms with Gasteiger partial charge in [0.05, 0.1) is 121 Å². The van der Waals surface area contributed by atoms with Crippen LogP contribution in [0, 0.1) is 47.3 Å². The largest absolute Gasteiger partial charge is 0.396 e. The van der Waals surface area contributed by atoms with Gasteiger partial charge in [0.25, 0.3) is 0 Å². The average Bonchev–Trinajstić information content (AvgIpc) is 1.59. The standard InChI is InChI=1S/C19H33N3O8.2C18H31N3O9.C18H31N3O8S/c23-8-11-5-14(25)13(11)7-22-6-12(20-21-22)10-29-4-2-1-3-15-17(26)19(28)18(27)16(9-24)30-15;2*22-7-10-4-13(24)12(10)6-21-5-11(19-20-21)9-28-2-1-3-29-18-17(27)16(26)15(25)14(8-23)30-18;22-7-10-4-13(24)12(10)6-21-5-11(19-20-21)9-28-2-1-3-30-18-17(27)16(26)15(25)14(8-23)29-18/h6,11,13-19,23-28H,1-5,7-10H2;3*5,10,12-18,22-27H,1-4,6-9H2. The van der Waals surface area contributed by atoms with Crippen LogP contribution in [0.3, 0.4) is 0 Å². The van der Waals surface area contributed by atoms with Crippen LogP contribution in [0.25, 0.3) is 0 Å². The van der Waals surface area contributed by atoms with Crippen molar-refractivity contribution in [2.75, 3.05) is 98.2 Å². The molecule has 0 amide bonds. The van der Waals surface area contributed by atoms with Crippen molar-refractivity contribution in [3.8, 4) is 0 Å². The lowest BCUT2D eigenvalue weighted by Gasteiger charge is -2.40. The summed E-state index contributed by atoms with van der Waals surface area (Å²) in [7, 11) is 0. The molecule has 4 aliphatic carbocycles. The van der Waals surface area contributed by atoms with E-state index in [2.05, 4.69) is 41.2 Å². The molecule has 4 saturated heterocycles. The fourth-order valence-corrected chi connectivity index (χ4v) is 16.3. The molecule has 688 valence electrons. The molecule has 8 fully saturated rings. The van der Waals surface area contributed by atoms with Crippen molar-refractivity contribution in [3.05, 3.63) is 47.6 Å². The number of thioether (sulfide) groups is 1. The molecule has 8 aliphatic rings. The van der Waals surface area contributed by atoms with Gasteiger partial charge in [-0.1, -0.05) is 20.9 Å². The maximum absolute atomic E-state index is 10.0. The monoisotopic (exact) mass is 1750 g/mol. The molecule has 0 aromatic carbocycles. The van der Waals surface area contributed by atoms with Crippen LogP contribution in [-0.2, 0) is 100.0 Å². The molecule has 4 aliphatic heterocycles. The van der Waals surface area contributed by atoms with Gasteiger partial charge in [-0.2, -0.15) is 0 Å². The van der Waals surface area contributed by atoms with Crippen molar-refractivity contribution < 1.29 is 170 Å². The quantitative estimate of drug-likeness (QED) is 0.0183. The van der Waals surface area contributed by atoms with Crippen LogP contribution in [0.1, 0.15) is 87.0 Å². The molecule has 32 unspecified atom stereocenters. The van der Waals surface area contributed by atoms with Gasteiger partial charge in [-0.15, -0.1) is 32.2 Å². The van der Waals surface area contributed by atoms with E-state index in [-0.39, 0.29) is 100 Å². The third-order valence-electron chi connectivity index (χ3n) is 23.2. The van der Waals surface area contributed by atoms with E-state index in [1.54, 1.807) is 43.5 Å². The molecule has 0 spiro atoms. The summed E-state index contributed by atoms with van der Waals surface area (Å²) < 4.78 is 61.0. The predicted molar refractivity (Wildman–Crippen MR) is 405 cm³/mol. The molecule has 8 heterocycles. The minimum Gasteiger partial charge on any atom is -0.396 e.